The Balaban J connectivity index is 1.75. The van der Waals surface area contributed by atoms with Gasteiger partial charge in [0.2, 0.25) is 5.95 Å². The van der Waals surface area contributed by atoms with Gasteiger partial charge in [-0.05, 0) is 55.7 Å². The van der Waals surface area contributed by atoms with E-state index in [0.717, 1.165) is 18.4 Å². The first kappa shape index (κ1) is 23.1. The van der Waals surface area contributed by atoms with Crippen molar-refractivity contribution in [3.05, 3.63) is 41.4 Å². The van der Waals surface area contributed by atoms with Crippen LogP contribution in [0.5, 0.6) is 11.5 Å². The first-order chi connectivity index (χ1) is 15.8. The predicted molar refractivity (Wildman–Crippen MR) is 125 cm³/mol. The van der Waals surface area contributed by atoms with E-state index in [1.165, 1.54) is 12.7 Å². The third kappa shape index (κ3) is 4.43. The molecule has 4 atom stereocenters. The number of hydrogen-bond acceptors (Lipinski definition) is 7. The fourth-order valence-electron chi connectivity index (χ4n) is 5.15. The van der Waals surface area contributed by atoms with E-state index in [-0.39, 0.29) is 12.1 Å². The van der Waals surface area contributed by atoms with Crippen LogP contribution in [0.3, 0.4) is 0 Å². The summed E-state index contributed by atoms with van der Waals surface area (Å²) in [5, 5.41) is 7.63. The van der Waals surface area contributed by atoms with Crippen molar-refractivity contribution in [3.63, 3.8) is 0 Å². The molecular formula is C25H34N4O4. The molecule has 0 spiro atoms. The second-order valence-corrected chi connectivity index (χ2v) is 9.47. The summed E-state index contributed by atoms with van der Waals surface area (Å²) >= 11 is 0. The maximum absolute atomic E-state index is 13.8. The van der Waals surface area contributed by atoms with Gasteiger partial charge < -0.3 is 19.5 Å². The molecule has 1 saturated carbocycles. The Hall–Kier alpha value is -3.03. The quantitative estimate of drug-likeness (QED) is 0.639. The zero-order valence-corrected chi connectivity index (χ0v) is 20.3. The number of benzene rings is 1. The summed E-state index contributed by atoms with van der Waals surface area (Å²) in [5.41, 5.74) is 1.95. The summed E-state index contributed by atoms with van der Waals surface area (Å²) in [6.07, 6.45) is 4.50. The van der Waals surface area contributed by atoms with Crippen molar-refractivity contribution in [2.45, 2.75) is 59.1 Å². The summed E-state index contributed by atoms with van der Waals surface area (Å²) in [6.45, 7) is 8.52. The molecule has 178 valence electrons. The molecule has 2 aromatic rings. The number of nitrogens with one attached hydrogen (secondary N) is 1. The highest BCUT2D eigenvalue weighted by Gasteiger charge is 2.39. The van der Waals surface area contributed by atoms with Gasteiger partial charge in [-0.3, -0.25) is 0 Å². The van der Waals surface area contributed by atoms with Crippen molar-refractivity contribution in [1.29, 1.82) is 0 Å². The Bertz CT molecular complexity index is 1040. The van der Waals surface area contributed by atoms with E-state index in [2.05, 4.69) is 36.2 Å². The molecule has 1 fully saturated rings. The van der Waals surface area contributed by atoms with Crippen molar-refractivity contribution in [2.75, 3.05) is 19.5 Å². The lowest BCUT2D eigenvalue weighted by Gasteiger charge is -2.37. The summed E-state index contributed by atoms with van der Waals surface area (Å²) in [6, 6.07) is 4.99. The van der Waals surface area contributed by atoms with Crippen LogP contribution >= 0.6 is 0 Å². The Morgan fingerprint density at radius 2 is 2.00 bits per heavy atom. The van der Waals surface area contributed by atoms with Gasteiger partial charge in [0.05, 0.1) is 19.8 Å². The number of hydrogen-bond donors (Lipinski definition) is 1. The van der Waals surface area contributed by atoms with Gasteiger partial charge in [0, 0.05) is 11.3 Å². The Kier molecular flexibility index (Phi) is 6.63. The minimum absolute atomic E-state index is 0.105. The first-order valence-corrected chi connectivity index (χ1v) is 11.6. The highest BCUT2D eigenvalue weighted by Crippen LogP contribution is 2.42. The lowest BCUT2D eigenvalue weighted by Crippen LogP contribution is -2.38. The molecule has 2 heterocycles. The van der Waals surface area contributed by atoms with Gasteiger partial charge in [-0.1, -0.05) is 27.2 Å². The summed E-state index contributed by atoms with van der Waals surface area (Å²) in [7, 11) is 3.22. The highest BCUT2D eigenvalue weighted by molar-refractivity contribution is 5.92. The molecule has 1 aliphatic heterocycles. The predicted octanol–water partition coefficient (Wildman–Crippen LogP) is 4.59. The number of nitrogens with zero attached hydrogens (tertiary/aromatic N) is 3. The van der Waals surface area contributed by atoms with Crippen LogP contribution in [0, 0.1) is 17.8 Å². The van der Waals surface area contributed by atoms with E-state index in [0.29, 0.717) is 46.5 Å². The Morgan fingerprint density at radius 3 is 2.70 bits per heavy atom. The topological polar surface area (TPSA) is 87.5 Å². The van der Waals surface area contributed by atoms with Crippen LogP contribution in [-0.4, -0.2) is 41.1 Å². The van der Waals surface area contributed by atoms with E-state index >= 15 is 0 Å². The third-order valence-corrected chi connectivity index (χ3v) is 6.97. The standard InChI is InChI=1S/C25H34N4O4/c1-14(2)18-9-7-15(3)11-21(18)33-24(30)22-16(4)28-25-26-13-27-29(25)23(22)19-12-17(31-5)8-10-20(19)32-6/h8,10,12-15,18,21,23H,7,9,11H2,1-6H3,(H,26,27,28)/t15-,18+,21+,23+/m0/s1. The number of carbonyl (C=O) groups is 1. The van der Waals surface area contributed by atoms with Crippen LogP contribution in [0.4, 0.5) is 5.95 Å². The van der Waals surface area contributed by atoms with E-state index in [1.807, 2.05) is 25.1 Å². The van der Waals surface area contributed by atoms with Gasteiger partial charge in [-0.25, -0.2) is 9.48 Å². The average Bonchev–Trinajstić information content (AvgIpc) is 3.25. The van der Waals surface area contributed by atoms with Crippen LogP contribution in [0.1, 0.15) is 58.6 Å². The van der Waals surface area contributed by atoms with Crippen LogP contribution < -0.4 is 14.8 Å². The second-order valence-electron chi connectivity index (χ2n) is 9.47. The van der Waals surface area contributed by atoms with E-state index < -0.39 is 6.04 Å². The fourth-order valence-corrected chi connectivity index (χ4v) is 5.15. The molecule has 1 N–H and O–H groups in total. The number of rotatable bonds is 6. The number of ether oxygens (including phenoxy) is 3. The minimum Gasteiger partial charge on any atom is -0.497 e. The molecule has 4 rings (SSSR count). The molecule has 0 amide bonds. The van der Waals surface area contributed by atoms with E-state index in [9.17, 15) is 4.79 Å². The average molecular weight is 455 g/mol. The number of anilines is 1. The smallest absolute Gasteiger partial charge is 0.338 e. The van der Waals surface area contributed by atoms with Gasteiger partial charge in [-0.15, -0.1) is 0 Å². The van der Waals surface area contributed by atoms with Crippen LogP contribution in [-0.2, 0) is 9.53 Å². The van der Waals surface area contributed by atoms with Gasteiger partial charge in [0.1, 0.15) is 30.0 Å². The van der Waals surface area contributed by atoms with Gasteiger partial charge >= 0.3 is 5.97 Å². The molecule has 1 aromatic heterocycles. The SMILES string of the molecule is COc1ccc(OC)c([C@@H]2C(C(=O)O[C@@H]3C[C@@H](C)CC[C@@H]3C(C)C)=C(C)Nc3ncnn32)c1. The fraction of sp³-hybridized carbons (Fsp3) is 0.560. The van der Waals surface area contributed by atoms with Crippen molar-refractivity contribution in [3.8, 4) is 11.5 Å². The maximum atomic E-state index is 13.8. The van der Waals surface area contributed by atoms with Crippen molar-refractivity contribution < 1.29 is 19.0 Å². The monoisotopic (exact) mass is 454 g/mol. The zero-order chi connectivity index (χ0) is 23.7. The molecule has 1 aromatic carbocycles. The largest absolute Gasteiger partial charge is 0.497 e. The molecule has 8 nitrogen and oxygen atoms in total. The van der Waals surface area contributed by atoms with Crippen LogP contribution in [0.25, 0.3) is 0 Å². The Morgan fingerprint density at radius 1 is 1.21 bits per heavy atom. The van der Waals surface area contributed by atoms with Gasteiger partial charge in [0.25, 0.3) is 0 Å². The molecule has 2 aliphatic rings. The molecule has 0 radical (unpaired) electrons. The third-order valence-electron chi connectivity index (χ3n) is 6.97. The van der Waals surface area contributed by atoms with Crippen LogP contribution in [0.15, 0.2) is 35.8 Å². The molecule has 0 saturated heterocycles. The lowest BCUT2D eigenvalue weighted by atomic mass is 9.75. The molecule has 1 aliphatic carbocycles. The lowest BCUT2D eigenvalue weighted by molar-refractivity contribution is -0.151. The summed E-state index contributed by atoms with van der Waals surface area (Å²) < 4.78 is 19.1. The Labute approximate surface area is 195 Å². The number of aromatic nitrogens is 3. The highest BCUT2D eigenvalue weighted by atomic mass is 16.5. The number of esters is 1. The first-order valence-electron chi connectivity index (χ1n) is 11.6. The normalized spacial score (nSPS) is 24.8. The summed E-state index contributed by atoms with van der Waals surface area (Å²) in [4.78, 5) is 18.1. The molecular weight excluding hydrogens is 420 g/mol. The minimum atomic E-state index is -0.556. The van der Waals surface area contributed by atoms with Gasteiger partial charge in [0.15, 0.2) is 0 Å². The van der Waals surface area contributed by atoms with Crippen molar-refractivity contribution >= 4 is 11.9 Å². The van der Waals surface area contributed by atoms with Crippen LogP contribution in [0.2, 0.25) is 0 Å². The number of carbonyl (C=O) groups excluding carboxylic acids is 1. The second kappa shape index (κ2) is 9.45. The summed E-state index contributed by atoms with van der Waals surface area (Å²) in [5.74, 6) is 2.87. The van der Waals surface area contributed by atoms with E-state index in [1.54, 1.807) is 18.9 Å². The van der Waals surface area contributed by atoms with Crippen molar-refractivity contribution in [2.24, 2.45) is 17.8 Å². The molecule has 0 bridgehead atoms. The number of methoxy groups -OCH3 is 2. The maximum Gasteiger partial charge on any atom is 0.338 e. The van der Waals surface area contributed by atoms with Crippen molar-refractivity contribution in [1.82, 2.24) is 14.8 Å². The molecule has 33 heavy (non-hydrogen) atoms. The zero-order valence-electron chi connectivity index (χ0n) is 20.3. The van der Waals surface area contributed by atoms with Gasteiger partial charge in [-0.2, -0.15) is 10.1 Å². The van der Waals surface area contributed by atoms with E-state index in [4.69, 9.17) is 14.2 Å². The number of allylic oxidation sites excluding steroid dienone is 1. The molecule has 8 heteroatoms. The number of fused-ring (bicyclic) bond motifs is 1. The molecule has 0 unspecified atom stereocenters.